The number of methoxy groups -OCH3 is 1. The fourth-order valence-corrected chi connectivity index (χ4v) is 5.63. The molecular formula is C18H20N2O6S2. The van der Waals surface area contributed by atoms with E-state index in [-0.39, 0.29) is 16.4 Å². The molecule has 2 fully saturated rings. The molecule has 2 aliphatic heterocycles. The third kappa shape index (κ3) is 4.39. The molecule has 2 saturated heterocycles. The van der Waals surface area contributed by atoms with Crippen molar-refractivity contribution in [2.24, 2.45) is 0 Å². The van der Waals surface area contributed by atoms with Crippen LogP contribution in [-0.4, -0.2) is 73.5 Å². The van der Waals surface area contributed by atoms with Gasteiger partial charge in [-0.15, -0.1) is 0 Å². The van der Waals surface area contributed by atoms with Crippen LogP contribution in [0.2, 0.25) is 0 Å². The lowest BCUT2D eigenvalue weighted by molar-refractivity contribution is -0.136. The molecule has 8 nitrogen and oxygen atoms in total. The summed E-state index contributed by atoms with van der Waals surface area (Å²) in [4.78, 5) is 39.7. The molecule has 3 amide bonds. The maximum atomic E-state index is 12.6. The molecule has 0 N–H and O–H groups in total. The van der Waals surface area contributed by atoms with Gasteiger partial charge in [0.2, 0.25) is 5.91 Å². The van der Waals surface area contributed by atoms with Crippen molar-refractivity contribution in [1.29, 1.82) is 0 Å². The zero-order valence-electron chi connectivity index (χ0n) is 15.5. The predicted octanol–water partition coefficient (Wildman–Crippen LogP) is 1.38. The highest BCUT2D eigenvalue weighted by Crippen LogP contribution is 2.32. The lowest BCUT2D eigenvalue weighted by Crippen LogP contribution is -2.45. The Balaban J connectivity index is 1.67. The van der Waals surface area contributed by atoms with E-state index in [1.807, 2.05) is 0 Å². The molecule has 1 atom stereocenters. The van der Waals surface area contributed by atoms with Crippen LogP contribution in [-0.2, 0) is 19.4 Å². The van der Waals surface area contributed by atoms with Gasteiger partial charge < -0.3 is 9.64 Å². The molecule has 0 saturated carbocycles. The molecule has 150 valence electrons. The zero-order chi connectivity index (χ0) is 20.5. The summed E-state index contributed by atoms with van der Waals surface area (Å²) in [5.41, 5.74) is 0.728. The number of sulfone groups is 1. The second-order valence-electron chi connectivity index (χ2n) is 6.60. The Labute approximate surface area is 167 Å². The van der Waals surface area contributed by atoms with E-state index in [9.17, 15) is 22.8 Å². The quantitative estimate of drug-likeness (QED) is 0.658. The molecule has 2 aliphatic rings. The highest BCUT2D eigenvalue weighted by molar-refractivity contribution is 8.18. The van der Waals surface area contributed by atoms with Crippen LogP contribution in [0.5, 0.6) is 5.75 Å². The summed E-state index contributed by atoms with van der Waals surface area (Å²) in [5.74, 6) is -0.370. The number of nitrogens with zero attached hydrogens (tertiary/aromatic N) is 2. The van der Waals surface area contributed by atoms with Crippen LogP contribution in [0.1, 0.15) is 12.0 Å². The van der Waals surface area contributed by atoms with E-state index in [0.29, 0.717) is 12.2 Å². The van der Waals surface area contributed by atoms with Crippen LogP contribution < -0.4 is 4.74 Å². The van der Waals surface area contributed by atoms with Crippen molar-refractivity contribution in [2.45, 2.75) is 12.5 Å². The Kier molecular flexibility index (Phi) is 5.80. The van der Waals surface area contributed by atoms with Crippen LogP contribution in [0.25, 0.3) is 6.08 Å². The number of ether oxygens (including phenoxy) is 1. The van der Waals surface area contributed by atoms with Gasteiger partial charge in [-0.2, -0.15) is 0 Å². The fraction of sp³-hybridized carbons (Fsp3) is 0.389. The number of imide groups is 1. The number of likely N-dealkylation sites (N-methyl/N-ethyl adjacent to an activating group) is 1. The van der Waals surface area contributed by atoms with E-state index in [4.69, 9.17) is 4.74 Å². The summed E-state index contributed by atoms with van der Waals surface area (Å²) >= 11 is 0.773. The molecule has 0 bridgehead atoms. The van der Waals surface area contributed by atoms with Crippen molar-refractivity contribution in [3.63, 3.8) is 0 Å². The summed E-state index contributed by atoms with van der Waals surface area (Å²) in [7, 11) is -0.0837. The molecule has 1 aromatic rings. The minimum atomic E-state index is -3.13. The van der Waals surface area contributed by atoms with Gasteiger partial charge in [0, 0.05) is 13.1 Å². The molecular weight excluding hydrogens is 404 g/mol. The number of thioether (sulfide) groups is 1. The molecule has 3 rings (SSSR count). The SMILES string of the molecule is COc1ccc(/C=C2\SC(=O)N(CC(=O)N(C)[C@H]3CCS(=O)(=O)C3)C2=O)cc1. The molecule has 28 heavy (non-hydrogen) atoms. The predicted molar refractivity (Wildman–Crippen MR) is 105 cm³/mol. The van der Waals surface area contributed by atoms with Crippen molar-refractivity contribution in [3.05, 3.63) is 34.7 Å². The summed E-state index contributed by atoms with van der Waals surface area (Å²) in [6.45, 7) is -0.405. The summed E-state index contributed by atoms with van der Waals surface area (Å²) in [5, 5.41) is -0.523. The van der Waals surface area contributed by atoms with Gasteiger partial charge in [0.05, 0.1) is 23.5 Å². The van der Waals surface area contributed by atoms with Crippen LogP contribution in [0.3, 0.4) is 0 Å². The Morgan fingerprint density at radius 3 is 2.57 bits per heavy atom. The first-order chi connectivity index (χ1) is 13.2. The Morgan fingerprint density at radius 2 is 2.00 bits per heavy atom. The van der Waals surface area contributed by atoms with Crippen molar-refractivity contribution in [1.82, 2.24) is 9.80 Å². The topological polar surface area (TPSA) is 101 Å². The minimum absolute atomic E-state index is 0.0431. The Hall–Kier alpha value is -2.33. The minimum Gasteiger partial charge on any atom is -0.497 e. The fourth-order valence-electron chi connectivity index (χ4n) is 3.02. The van der Waals surface area contributed by atoms with E-state index in [1.165, 1.54) is 11.9 Å². The standard InChI is InChI=1S/C18H20N2O6S2/c1-19(13-7-8-28(24,25)11-13)16(21)10-20-17(22)15(27-18(20)23)9-12-3-5-14(26-2)6-4-12/h3-6,9,13H,7-8,10-11H2,1-2H3/b15-9-/t13-/m0/s1. The van der Waals surface area contributed by atoms with Crippen molar-refractivity contribution >= 4 is 44.7 Å². The molecule has 0 aromatic heterocycles. The van der Waals surface area contributed by atoms with E-state index in [0.717, 1.165) is 22.2 Å². The van der Waals surface area contributed by atoms with E-state index in [1.54, 1.807) is 37.5 Å². The molecule has 0 unspecified atom stereocenters. The molecule has 0 spiro atoms. The summed E-state index contributed by atoms with van der Waals surface area (Å²) in [6.07, 6.45) is 1.95. The van der Waals surface area contributed by atoms with Gasteiger partial charge in [0.1, 0.15) is 12.3 Å². The highest BCUT2D eigenvalue weighted by atomic mass is 32.2. The molecule has 1 aromatic carbocycles. The molecule has 2 heterocycles. The molecule has 0 radical (unpaired) electrons. The van der Waals surface area contributed by atoms with Gasteiger partial charge in [-0.1, -0.05) is 12.1 Å². The Morgan fingerprint density at radius 1 is 1.32 bits per heavy atom. The number of amides is 3. The second kappa shape index (κ2) is 7.96. The first-order valence-corrected chi connectivity index (χ1v) is 11.2. The number of benzene rings is 1. The van der Waals surface area contributed by atoms with Gasteiger partial charge in [-0.25, -0.2) is 8.42 Å². The lowest BCUT2D eigenvalue weighted by atomic mass is 10.2. The Bertz CT molecular complexity index is 939. The monoisotopic (exact) mass is 424 g/mol. The van der Waals surface area contributed by atoms with Gasteiger partial charge in [0.15, 0.2) is 9.84 Å². The van der Waals surface area contributed by atoms with Gasteiger partial charge >= 0.3 is 0 Å². The largest absolute Gasteiger partial charge is 0.497 e. The number of hydrogen-bond acceptors (Lipinski definition) is 7. The first kappa shape index (κ1) is 20.4. The maximum absolute atomic E-state index is 12.6. The van der Waals surface area contributed by atoms with Crippen molar-refractivity contribution < 1.29 is 27.5 Å². The van der Waals surface area contributed by atoms with Crippen LogP contribution in [0.4, 0.5) is 4.79 Å². The summed E-state index contributed by atoms with van der Waals surface area (Å²) in [6, 6.07) is 6.57. The molecule has 10 heteroatoms. The third-order valence-electron chi connectivity index (χ3n) is 4.73. The second-order valence-corrected chi connectivity index (χ2v) is 9.82. The maximum Gasteiger partial charge on any atom is 0.294 e. The zero-order valence-corrected chi connectivity index (χ0v) is 17.1. The van der Waals surface area contributed by atoms with E-state index < -0.39 is 39.5 Å². The number of hydrogen-bond donors (Lipinski definition) is 0. The van der Waals surface area contributed by atoms with E-state index in [2.05, 4.69) is 0 Å². The molecule has 0 aliphatic carbocycles. The number of rotatable bonds is 5. The van der Waals surface area contributed by atoms with Crippen LogP contribution in [0, 0.1) is 0 Å². The van der Waals surface area contributed by atoms with Crippen LogP contribution >= 0.6 is 11.8 Å². The van der Waals surface area contributed by atoms with Gasteiger partial charge in [-0.05, 0) is 42.0 Å². The van der Waals surface area contributed by atoms with E-state index >= 15 is 0 Å². The smallest absolute Gasteiger partial charge is 0.294 e. The number of carbonyl (C=O) groups is 3. The van der Waals surface area contributed by atoms with Crippen molar-refractivity contribution in [3.8, 4) is 5.75 Å². The average Bonchev–Trinajstić information content (AvgIpc) is 3.15. The first-order valence-electron chi connectivity index (χ1n) is 8.55. The van der Waals surface area contributed by atoms with Gasteiger partial charge in [-0.3, -0.25) is 19.3 Å². The third-order valence-corrected chi connectivity index (χ3v) is 7.39. The summed E-state index contributed by atoms with van der Waals surface area (Å²) < 4.78 is 28.3. The normalized spacial score (nSPS) is 22.7. The lowest BCUT2D eigenvalue weighted by Gasteiger charge is -2.25. The van der Waals surface area contributed by atoms with Crippen molar-refractivity contribution in [2.75, 3.05) is 32.2 Å². The highest BCUT2D eigenvalue weighted by Gasteiger charge is 2.39. The number of carbonyl (C=O) groups excluding carboxylic acids is 3. The average molecular weight is 425 g/mol. The van der Waals surface area contributed by atoms with Gasteiger partial charge in [0.25, 0.3) is 11.1 Å². The van der Waals surface area contributed by atoms with Crippen LogP contribution in [0.15, 0.2) is 29.2 Å².